The molecule has 0 fully saturated rings. The van der Waals surface area contributed by atoms with E-state index in [0.717, 1.165) is 9.79 Å². The highest BCUT2D eigenvalue weighted by Crippen LogP contribution is 2.70. The second-order valence-corrected chi connectivity index (χ2v) is 17.6. The lowest BCUT2D eigenvalue weighted by Gasteiger charge is -2.40. The van der Waals surface area contributed by atoms with E-state index in [9.17, 15) is 13.2 Å². The van der Waals surface area contributed by atoms with E-state index in [0.29, 0.717) is 11.1 Å². The van der Waals surface area contributed by atoms with Gasteiger partial charge < -0.3 is 9.47 Å². The van der Waals surface area contributed by atoms with Crippen LogP contribution in [0, 0.1) is 0 Å². The minimum Gasteiger partial charge on any atom is -0.346 e. The molecule has 5 rings (SSSR count). The molecular weight excluding hydrogens is 742 g/mol. The maximum absolute atomic E-state index is 15.7. The average Bonchev–Trinajstić information content (AvgIpc) is 3.18. The number of carbonyl (C=O) groups is 1. The fraction of sp³-hybridized carbons (Fsp3) is 0.195. The minimum absolute atomic E-state index is 0.0460. The first-order valence-corrected chi connectivity index (χ1v) is 20.2. The first-order chi connectivity index (χ1) is 25.3. The van der Waals surface area contributed by atoms with Crippen molar-refractivity contribution in [2.24, 2.45) is 0 Å². The van der Waals surface area contributed by atoms with Crippen molar-refractivity contribution in [1.82, 2.24) is 0 Å². The molecule has 1 atom stereocenters. The van der Waals surface area contributed by atoms with Crippen LogP contribution in [0.3, 0.4) is 0 Å². The van der Waals surface area contributed by atoms with E-state index < -0.39 is 56.3 Å². The summed E-state index contributed by atoms with van der Waals surface area (Å²) in [5.74, 6) is -2.06. The van der Waals surface area contributed by atoms with E-state index in [1.54, 1.807) is 96.7 Å². The first-order valence-electron chi connectivity index (χ1n) is 16.4. The molecule has 1 unspecified atom stereocenters. The Morgan fingerprint density at radius 3 is 1.57 bits per heavy atom. The molecule has 12 heteroatoms. The number of benzene rings is 5. The highest BCUT2D eigenvalue weighted by Gasteiger charge is 2.57. The third kappa shape index (κ3) is 8.33. The number of methoxy groups -OCH3 is 2. The number of ether oxygens (including phenoxy) is 2. The molecule has 0 aromatic heterocycles. The molecular formula is C41H39F3O6S3. The predicted octanol–water partition coefficient (Wildman–Crippen LogP) is 10.7. The van der Waals surface area contributed by atoms with Gasteiger partial charge in [0.2, 0.25) is 5.79 Å². The fourth-order valence-electron chi connectivity index (χ4n) is 5.68. The van der Waals surface area contributed by atoms with Gasteiger partial charge in [0.1, 0.15) is 0 Å². The molecule has 53 heavy (non-hydrogen) atoms. The summed E-state index contributed by atoms with van der Waals surface area (Å²) in [6, 6.07) is 40.2. The maximum atomic E-state index is 15.7. The van der Waals surface area contributed by atoms with E-state index in [1.165, 1.54) is 21.1 Å². The molecule has 278 valence electrons. The van der Waals surface area contributed by atoms with Gasteiger partial charge in [0.25, 0.3) is 0 Å². The summed E-state index contributed by atoms with van der Waals surface area (Å²) in [6.07, 6.45) is -4.92. The maximum Gasteiger partial charge on any atom is 0.401 e. The SMILES string of the molecule is C=C(C)C(=O)CCC(F)C(F)(F)S(=O)(=O)OS(c1ccccc1)(c1ccccc1)c1ccc(C(OC)(OC)c2ccc(Sc3ccccc3)cc2)cc1. The van der Waals surface area contributed by atoms with E-state index in [2.05, 4.69) is 6.58 Å². The molecule has 0 radical (unpaired) electrons. The summed E-state index contributed by atoms with van der Waals surface area (Å²) in [7, 11) is -6.55. The van der Waals surface area contributed by atoms with E-state index in [1.807, 2.05) is 54.6 Å². The van der Waals surface area contributed by atoms with Crippen molar-refractivity contribution in [3.63, 3.8) is 0 Å². The molecule has 0 aliphatic heterocycles. The summed E-state index contributed by atoms with van der Waals surface area (Å²) in [5.41, 5.74) is 1.23. The van der Waals surface area contributed by atoms with Crippen molar-refractivity contribution in [2.45, 2.75) is 61.5 Å². The monoisotopic (exact) mass is 780 g/mol. The number of hydrogen-bond acceptors (Lipinski definition) is 7. The molecule has 0 saturated heterocycles. The lowest BCUT2D eigenvalue weighted by Crippen LogP contribution is -2.40. The standard InChI is InChI=1S/C41H39F3O6S3/c1-30(2)38(45)28-29-39(42)41(43,44)53(46,47)50-52(35-16-10-6-11-17-35,36-18-12-7-13-19-36)37-26-22-32(23-27-37)40(48-3,49-4)31-20-24-34(25-21-31)51-33-14-8-5-9-15-33/h5-27,39H,1,28-29H2,2-4H3. The summed E-state index contributed by atoms with van der Waals surface area (Å²) in [4.78, 5) is 14.8. The molecule has 6 nitrogen and oxygen atoms in total. The smallest absolute Gasteiger partial charge is 0.346 e. The van der Waals surface area contributed by atoms with Crippen LogP contribution in [0.5, 0.6) is 0 Å². The van der Waals surface area contributed by atoms with Crippen molar-refractivity contribution < 1.29 is 39.5 Å². The van der Waals surface area contributed by atoms with Crippen LogP contribution in [0.2, 0.25) is 0 Å². The summed E-state index contributed by atoms with van der Waals surface area (Å²) < 4.78 is 91.9. The van der Waals surface area contributed by atoms with Gasteiger partial charge in [-0.2, -0.15) is 17.2 Å². The van der Waals surface area contributed by atoms with Gasteiger partial charge in [0.15, 0.2) is 12.0 Å². The number of alkyl halides is 3. The van der Waals surface area contributed by atoms with Crippen molar-refractivity contribution in [1.29, 1.82) is 0 Å². The molecule has 0 aliphatic rings. The van der Waals surface area contributed by atoms with Crippen LogP contribution in [-0.4, -0.2) is 39.8 Å². The highest BCUT2D eigenvalue weighted by molar-refractivity contribution is 8.33. The minimum atomic E-state index is -6.00. The number of halogens is 3. The number of Topliss-reactive ketones (excluding diaryl/α,β-unsaturated/α-hetero) is 1. The number of hydrogen-bond donors (Lipinski definition) is 0. The molecule has 0 saturated carbocycles. The Morgan fingerprint density at radius 1 is 0.698 bits per heavy atom. The molecule has 5 aromatic carbocycles. The molecule has 0 bridgehead atoms. The van der Waals surface area contributed by atoms with Crippen LogP contribution in [0.4, 0.5) is 13.2 Å². The highest BCUT2D eigenvalue weighted by atomic mass is 32.3. The second-order valence-electron chi connectivity index (χ2n) is 12.0. The topological polar surface area (TPSA) is 78.9 Å². The van der Waals surface area contributed by atoms with Crippen molar-refractivity contribution in [3.8, 4) is 0 Å². The summed E-state index contributed by atoms with van der Waals surface area (Å²) in [6.45, 7) is 4.81. The van der Waals surface area contributed by atoms with Crippen LogP contribution < -0.4 is 0 Å². The van der Waals surface area contributed by atoms with Gasteiger partial charge >= 0.3 is 15.4 Å². The van der Waals surface area contributed by atoms with Crippen LogP contribution in [-0.2, 0) is 33.8 Å². The zero-order valence-electron chi connectivity index (χ0n) is 29.3. The molecule has 0 amide bonds. The molecule has 0 heterocycles. The Balaban J connectivity index is 1.59. The third-order valence-electron chi connectivity index (χ3n) is 8.50. The molecule has 5 aromatic rings. The molecule has 0 N–H and O–H groups in total. The summed E-state index contributed by atoms with van der Waals surface area (Å²) in [5, 5.41) is -5.00. The predicted molar refractivity (Wildman–Crippen MR) is 202 cm³/mol. The second kappa shape index (κ2) is 16.9. The number of ketones is 1. The lowest BCUT2D eigenvalue weighted by molar-refractivity contribution is -0.183. The Kier molecular flexibility index (Phi) is 12.7. The number of rotatable bonds is 17. The Hall–Kier alpha value is -4.17. The van der Waals surface area contributed by atoms with Crippen LogP contribution in [0.1, 0.15) is 30.9 Å². The Morgan fingerprint density at radius 2 is 1.11 bits per heavy atom. The number of allylic oxidation sites excluding steroid dienone is 1. The van der Waals surface area contributed by atoms with Crippen molar-refractivity contribution in [3.05, 3.63) is 163 Å². The van der Waals surface area contributed by atoms with Crippen LogP contribution >= 0.6 is 22.1 Å². The van der Waals surface area contributed by atoms with Gasteiger partial charge in [-0.1, -0.05) is 97.2 Å². The number of carbonyl (C=O) groups excluding carboxylic acids is 1. The zero-order valence-corrected chi connectivity index (χ0v) is 31.7. The third-order valence-corrected chi connectivity index (χ3v) is 14.8. The normalized spacial score (nSPS) is 13.3. The zero-order chi connectivity index (χ0) is 38.3. The van der Waals surface area contributed by atoms with E-state index in [4.69, 9.17) is 13.1 Å². The van der Waals surface area contributed by atoms with E-state index >= 15 is 13.2 Å². The van der Waals surface area contributed by atoms with Gasteiger partial charge in [-0.25, -0.2) is 8.02 Å². The Bertz CT molecular complexity index is 2050. The fourth-order valence-corrected chi connectivity index (χ4v) is 11.7. The van der Waals surface area contributed by atoms with Gasteiger partial charge in [0, 0.05) is 56.2 Å². The van der Waals surface area contributed by atoms with Crippen molar-refractivity contribution >= 4 is 38.0 Å². The summed E-state index contributed by atoms with van der Waals surface area (Å²) >= 11 is 1.59. The van der Waals surface area contributed by atoms with Gasteiger partial charge in [-0.15, -0.1) is 0 Å². The molecule has 0 aliphatic carbocycles. The largest absolute Gasteiger partial charge is 0.401 e. The van der Waals surface area contributed by atoms with Crippen molar-refractivity contribution in [2.75, 3.05) is 14.2 Å². The van der Waals surface area contributed by atoms with Gasteiger partial charge in [0.05, 0.1) is 0 Å². The van der Waals surface area contributed by atoms with Crippen LogP contribution in [0.25, 0.3) is 0 Å². The van der Waals surface area contributed by atoms with E-state index in [-0.39, 0.29) is 20.3 Å². The average molecular weight is 781 g/mol. The lowest BCUT2D eigenvalue weighted by atomic mass is 9.97. The first kappa shape index (κ1) is 40.0. The van der Waals surface area contributed by atoms with Gasteiger partial charge in [-0.05, 0) is 89.9 Å². The van der Waals surface area contributed by atoms with Gasteiger partial charge in [-0.3, -0.25) is 4.79 Å². The molecule has 0 spiro atoms. The van der Waals surface area contributed by atoms with Crippen LogP contribution in [0.15, 0.2) is 176 Å². The Labute approximate surface area is 314 Å². The quantitative estimate of drug-likeness (QED) is 0.0687.